The van der Waals surface area contributed by atoms with Gasteiger partial charge in [-0.15, -0.1) is 11.6 Å². The van der Waals surface area contributed by atoms with Gasteiger partial charge in [-0.3, -0.25) is 0 Å². The average Bonchev–Trinajstić information content (AvgIpc) is 2.26. The number of carboxylic acids is 1. The molecule has 0 aromatic heterocycles. The number of methoxy groups -OCH3 is 2. The van der Waals surface area contributed by atoms with E-state index in [9.17, 15) is 4.79 Å². The minimum absolute atomic E-state index is 0.0771. The molecule has 0 aliphatic heterocycles. The van der Waals surface area contributed by atoms with Gasteiger partial charge in [0, 0.05) is 11.9 Å². The van der Waals surface area contributed by atoms with E-state index >= 15 is 0 Å². The van der Waals surface area contributed by atoms with E-state index in [1.165, 1.54) is 20.3 Å². The van der Waals surface area contributed by atoms with Crippen molar-refractivity contribution in [3.05, 3.63) is 23.3 Å². The minimum Gasteiger partial charge on any atom is -0.497 e. The summed E-state index contributed by atoms with van der Waals surface area (Å²) in [7, 11) is 2.90. The Morgan fingerprint density at radius 1 is 1.40 bits per heavy atom. The summed E-state index contributed by atoms with van der Waals surface area (Å²) in [5, 5.41) is 8.99. The van der Waals surface area contributed by atoms with Crippen LogP contribution in [0.5, 0.6) is 11.5 Å². The van der Waals surface area contributed by atoms with Crippen molar-refractivity contribution in [3.63, 3.8) is 0 Å². The molecule has 0 fully saturated rings. The molecular formula is C10H11ClO4. The standard InChI is InChI=1S/C10H11ClO4/c1-14-7-3-6(5-11)9(10(12)13)8(4-7)15-2/h3-4H,5H2,1-2H3,(H,12,13). The molecule has 0 aliphatic rings. The van der Waals surface area contributed by atoms with Crippen molar-refractivity contribution >= 4 is 17.6 Å². The maximum atomic E-state index is 11.0. The van der Waals surface area contributed by atoms with Gasteiger partial charge in [0.05, 0.1) is 14.2 Å². The number of carbonyl (C=O) groups is 1. The normalized spacial score (nSPS) is 9.80. The fourth-order valence-electron chi connectivity index (χ4n) is 1.27. The van der Waals surface area contributed by atoms with Crippen LogP contribution in [0, 0.1) is 0 Å². The number of benzene rings is 1. The van der Waals surface area contributed by atoms with Crippen molar-refractivity contribution in [2.75, 3.05) is 14.2 Å². The second-order valence-electron chi connectivity index (χ2n) is 2.80. The van der Waals surface area contributed by atoms with Crippen LogP contribution in [0.25, 0.3) is 0 Å². The summed E-state index contributed by atoms with van der Waals surface area (Å²) in [6.07, 6.45) is 0. The highest BCUT2D eigenvalue weighted by molar-refractivity contribution is 6.17. The predicted octanol–water partition coefficient (Wildman–Crippen LogP) is 2.14. The number of ether oxygens (including phenoxy) is 2. The monoisotopic (exact) mass is 230 g/mol. The molecule has 0 heterocycles. The maximum Gasteiger partial charge on any atom is 0.339 e. The molecule has 0 saturated carbocycles. The van der Waals surface area contributed by atoms with E-state index in [0.717, 1.165) is 0 Å². The minimum atomic E-state index is -1.06. The Balaban J connectivity index is 3.39. The second-order valence-corrected chi connectivity index (χ2v) is 3.07. The Bertz CT molecular complexity index is 351. The highest BCUT2D eigenvalue weighted by atomic mass is 35.5. The van der Waals surface area contributed by atoms with Crippen LogP contribution in [0.2, 0.25) is 0 Å². The van der Waals surface area contributed by atoms with Crippen molar-refractivity contribution in [1.29, 1.82) is 0 Å². The first kappa shape index (κ1) is 11.7. The molecular weight excluding hydrogens is 220 g/mol. The molecule has 0 aliphatic carbocycles. The van der Waals surface area contributed by atoms with Gasteiger partial charge < -0.3 is 14.6 Å². The molecule has 0 unspecified atom stereocenters. The largest absolute Gasteiger partial charge is 0.497 e. The zero-order chi connectivity index (χ0) is 11.4. The number of carboxylic acid groups (broad SMARTS) is 1. The highest BCUT2D eigenvalue weighted by Crippen LogP contribution is 2.29. The van der Waals surface area contributed by atoms with Crippen LogP contribution in [0.1, 0.15) is 15.9 Å². The molecule has 0 saturated heterocycles. The number of hydrogen-bond acceptors (Lipinski definition) is 3. The third-order valence-electron chi connectivity index (χ3n) is 1.97. The molecule has 0 atom stereocenters. The third kappa shape index (κ3) is 2.33. The van der Waals surface area contributed by atoms with Gasteiger partial charge in [-0.1, -0.05) is 0 Å². The van der Waals surface area contributed by atoms with Crippen molar-refractivity contribution in [2.45, 2.75) is 5.88 Å². The smallest absolute Gasteiger partial charge is 0.339 e. The molecule has 1 N–H and O–H groups in total. The fourth-order valence-corrected chi connectivity index (χ4v) is 1.48. The molecule has 1 aromatic carbocycles. The zero-order valence-electron chi connectivity index (χ0n) is 8.41. The summed E-state index contributed by atoms with van der Waals surface area (Å²) in [5.74, 6) is -0.204. The summed E-state index contributed by atoms with van der Waals surface area (Å²) >= 11 is 5.66. The Morgan fingerprint density at radius 2 is 2.07 bits per heavy atom. The topological polar surface area (TPSA) is 55.8 Å². The van der Waals surface area contributed by atoms with Crippen LogP contribution in [0.3, 0.4) is 0 Å². The first-order valence-corrected chi connectivity index (χ1v) is 4.71. The van der Waals surface area contributed by atoms with Crippen LogP contribution in [-0.4, -0.2) is 25.3 Å². The number of aromatic carboxylic acids is 1. The summed E-state index contributed by atoms with van der Waals surface area (Å²) in [4.78, 5) is 11.0. The lowest BCUT2D eigenvalue weighted by atomic mass is 10.1. The van der Waals surface area contributed by atoms with E-state index in [-0.39, 0.29) is 17.2 Å². The summed E-state index contributed by atoms with van der Waals surface area (Å²) < 4.78 is 9.97. The number of rotatable bonds is 4. The van der Waals surface area contributed by atoms with Gasteiger partial charge in [0.25, 0.3) is 0 Å². The molecule has 0 amide bonds. The molecule has 1 rings (SSSR count). The number of hydrogen-bond donors (Lipinski definition) is 1. The van der Waals surface area contributed by atoms with Crippen molar-refractivity contribution < 1.29 is 19.4 Å². The molecule has 0 radical (unpaired) electrons. The van der Waals surface area contributed by atoms with Gasteiger partial charge in [-0.05, 0) is 11.6 Å². The van der Waals surface area contributed by atoms with Gasteiger partial charge in [0.15, 0.2) is 0 Å². The molecule has 1 aromatic rings. The van der Waals surface area contributed by atoms with Gasteiger partial charge in [0.2, 0.25) is 0 Å². The quantitative estimate of drug-likeness (QED) is 0.806. The van der Waals surface area contributed by atoms with Crippen LogP contribution < -0.4 is 9.47 Å². The lowest BCUT2D eigenvalue weighted by Crippen LogP contribution is -2.05. The molecule has 0 spiro atoms. The first-order chi connectivity index (χ1) is 7.13. The van der Waals surface area contributed by atoms with Crippen LogP contribution in [-0.2, 0) is 5.88 Å². The Labute approximate surface area is 92.4 Å². The average molecular weight is 231 g/mol. The number of alkyl halides is 1. The molecule has 82 valence electrons. The highest BCUT2D eigenvalue weighted by Gasteiger charge is 2.17. The van der Waals surface area contributed by atoms with E-state index in [1.807, 2.05) is 0 Å². The van der Waals surface area contributed by atoms with Gasteiger partial charge in [-0.25, -0.2) is 4.79 Å². The van der Waals surface area contributed by atoms with Crippen molar-refractivity contribution in [1.82, 2.24) is 0 Å². The molecule has 5 heteroatoms. The van der Waals surface area contributed by atoms with E-state index < -0.39 is 5.97 Å². The lowest BCUT2D eigenvalue weighted by Gasteiger charge is -2.11. The van der Waals surface area contributed by atoms with Crippen LogP contribution in [0.4, 0.5) is 0 Å². The number of halogens is 1. The van der Waals surface area contributed by atoms with Crippen molar-refractivity contribution in [2.24, 2.45) is 0 Å². The summed E-state index contributed by atoms with van der Waals surface area (Å²) in [5.41, 5.74) is 0.550. The Morgan fingerprint density at radius 3 is 2.47 bits per heavy atom. The maximum absolute atomic E-state index is 11.0. The van der Waals surface area contributed by atoms with E-state index in [0.29, 0.717) is 11.3 Å². The third-order valence-corrected chi connectivity index (χ3v) is 2.26. The Hall–Kier alpha value is -1.42. The molecule has 15 heavy (non-hydrogen) atoms. The lowest BCUT2D eigenvalue weighted by molar-refractivity contribution is 0.0692. The predicted molar refractivity (Wildman–Crippen MR) is 56.1 cm³/mol. The van der Waals surface area contributed by atoms with E-state index in [4.69, 9.17) is 26.2 Å². The second kappa shape index (κ2) is 4.89. The molecule has 4 nitrogen and oxygen atoms in total. The summed E-state index contributed by atoms with van der Waals surface area (Å²) in [6, 6.07) is 3.10. The van der Waals surface area contributed by atoms with Gasteiger partial charge >= 0.3 is 5.97 Å². The SMILES string of the molecule is COc1cc(CCl)c(C(=O)O)c(OC)c1. The van der Waals surface area contributed by atoms with E-state index in [1.54, 1.807) is 6.07 Å². The zero-order valence-corrected chi connectivity index (χ0v) is 9.17. The Kier molecular flexibility index (Phi) is 3.80. The molecule has 0 bridgehead atoms. The van der Waals surface area contributed by atoms with Gasteiger partial charge in [0.1, 0.15) is 17.1 Å². The fraction of sp³-hybridized carbons (Fsp3) is 0.300. The van der Waals surface area contributed by atoms with Crippen molar-refractivity contribution in [3.8, 4) is 11.5 Å². The van der Waals surface area contributed by atoms with Crippen LogP contribution >= 0.6 is 11.6 Å². The summed E-state index contributed by atoms with van der Waals surface area (Å²) in [6.45, 7) is 0. The van der Waals surface area contributed by atoms with Crippen LogP contribution in [0.15, 0.2) is 12.1 Å². The van der Waals surface area contributed by atoms with Gasteiger partial charge in [-0.2, -0.15) is 0 Å². The first-order valence-electron chi connectivity index (χ1n) is 4.18. The van der Waals surface area contributed by atoms with E-state index in [2.05, 4.69) is 0 Å².